The van der Waals surface area contributed by atoms with E-state index in [9.17, 15) is 5.26 Å². The lowest BCUT2D eigenvalue weighted by Crippen LogP contribution is -2.21. The summed E-state index contributed by atoms with van der Waals surface area (Å²) in [7, 11) is 0. The number of nitrogens with one attached hydrogen (secondary N) is 1. The number of fused-ring (bicyclic) bond motifs is 1. The number of rotatable bonds is 4. The number of allylic oxidation sites excluding steroid dienone is 1. The first-order valence-corrected chi connectivity index (χ1v) is 10.9. The van der Waals surface area contributed by atoms with Crippen LogP contribution in [0.2, 0.25) is 5.02 Å². The summed E-state index contributed by atoms with van der Waals surface area (Å²) in [6.45, 7) is 6.11. The van der Waals surface area contributed by atoms with Crippen LogP contribution < -0.4 is 10.5 Å². The number of benzene rings is 2. The van der Waals surface area contributed by atoms with Gasteiger partial charge in [-0.2, -0.15) is 5.26 Å². The highest BCUT2D eigenvalue weighted by Gasteiger charge is 2.35. The summed E-state index contributed by atoms with van der Waals surface area (Å²) in [5.41, 5.74) is 12.8. The molecule has 0 amide bonds. The summed E-state index contributed by atoms with van der Waals surface area (Å²) < 4.78 is 5.59. The van der Waals surface area contributed by atoms with Gasteiger partial charge in [-0.1, -0.05) is 23.7 Å². The van der Waals surface area contributed by atoms with E-state index in [0.29, 0.717) is 11.5 Å². The summed E-state index contributed by atoms with van der Waals surface area (Å²) in [6, 6.07) is 14.4. The van der Waals surface area contributed by atoms with Crippen LogP contribution in [-0.4, -0.2) is 10.2 Å². The average Bonchev–Trinajstić information content (AvgIpc) is 3.08. The molecule has 3 aromatic rings. The molecule has 0 unspecified atom stereocenters. The summed E-state index contributed by atoms with van der Waals surface area (Å²) >= 11 is 7.75. The molecule has 7 heteroatoms. The normalized spacial score (nSPS) is 15.5. The largest absolute Gasteiger partial charge is 0.420 e. The van der Waals surface area contributed by atoms with E-state index in [0.717, 1.165) is 38.1 Å². The van der Waals surface area contributed by atoms with Crippen LogP contribution in [0, 0.1) is 32.1 Å². The molecule has 2 heterocycles. The zero-order valence-electron chi connectivity index (χ0n) is 16.9. The van der Waals surface area contributed by atoms with Gasteiger partial charge in [0.15, 0.2) is 0 Å². The zero-order valence-corrected chi connectivity index (χ0v) is 18.5. The Morgan fingerprint density at radius 3 is 2.63 bits per heavy atom. The van der Waals surface area contributed by atoms with Crippen molar-refractivity contribution in [3.63, 3.8) is 0 Å². The highest BCUT2D eigenvalue weighted by atomic mass is 35.5. The molecule has 0 saturated carbocycles. The standard InChI is InChI=1S/C23H21ClN4OS/c1-12-8-13(2)18(9-15(12)11-30-17-6-4-16(24)5-7-17)21-19(10-25)22(26)29-23-20(21)14(3)27-28-23/h4-9,21H,11,26H2,1-3H3,(H,27,28)/t21-/m0/s1. The third kappa shape index (κ3) is 3.67. The Morgan fingerprint density at radius 1 is 1.20 bits per heavy atom. The topological polar surface area (TPSA) is 87.7 Å². The van der Waals surface area contributed by atoms with Crippen molar-refractivity contribution in [1.29, 1.82) is 5.26 Å². The molecule has 0 bridgehead atoms. The Kier molecular flexibility index (Phi) is 5.50. The van der Waals surface area contributed by atoms with Crippen molar-refractivity contribution < 1.29 is 4.74 Å². The highest BCUT2D eigenvalue weighted by Crippen LogP contribution is 2.44. The molecule has 0 fully saturated rings. The minimum absolute atomic E-state index is 0.110. The summed E-state index contributed by atoms with van der Waals surface area (Å²) in [5.74, 6) is 1.05. The van der Waals surface area contributed by atoms with Gasteiger partial charge in [0.05, 0.1) is 5.92 Å². The fourth-order valence-electron chi connectivity index (χ4n) is 3.78. The van der Waals surface area contributed by atoms with Crippen LogP contribution >= 0.6 is 23.4 Å². The van der Waals surface area contributed by atoms with E-state index in [-0.39, 0.29) is 11.8 Å². The number of hydrogen-bond donors (Lipinski definition) is 2. The maximum absolute atomic E-state index is 9.82. The molecule has 5 nitrogen and oxygen atoms in total. The van der Waals surface area contributed by atoms with E-state index in [1.807, 2.05) is 31.2 Å². The molecule has 1 aromatic heterocycles. The van der Waals surface area contributed by atoms with E-state index >= 15 is 0 Å². The van der Waals surface area contributed by atoms with Crippen LogP contribution in [0.4, 0.5) is 0 Å². The highest BCUT2D eigenvalue weighted by molar-refractivity contribution is 7.98. The maximum Gasteiger partial charge on any atom is 0.244 e. The lowest BCUT2D eigenvalue weighted by Gasteiger charge is -2.26. The van der Waals surface area contributed by atoms with Gasteiger partial charge in [-0.15, -0.1) is 16.9 Å². The number of hydrogen-bond acceptors (Lipinski definition) is 5. The van der Waals surface area contributed by atoms with Crippen LogP contribution in [0.25, 0.3) is 0 Å². The fourth-order valence-corrected chi connectivity index (χ4v) is 4.87. The van der Waals surface area contributed by atoms with Crippen molar-refractivity contribution in [3.05, 3.63) is 86.4 Å². The minimum atomic E-state index is -0.308. The van der Waals surface area contributed by atoms with E-state index in [4.69, 9.17) is 22.1 Å². The smallest absolute Gasteiger partial charge is 0.244 e. The molecule has 0 saturated heterocycles. The predicted molar refractivity (Wildman–Crippen MR) is 120 cm³/mol. The maximum atomic E-state index is 9.82. The second-order valence-electron chi connectivity index (χ2n) is 7.37. The van der Waals surface area contributed by atoms with Gasteiger partial charge < -0.3 is 10.5 Å². The number of thioether (sulfide) groups is 1. The number of halogens is 1. The van der Waals surface area contributed by atoms with Crippen LogP contribution in [0.3, 0.4) is 0 Å². The number of aryl methyl sites for hydroxylation is 3. The van der Waals surface area contributed by atoms with Gasteiger partial charge in [0, 0.05) is 26.9 Å². The molecule has 1 atom stereocenters. The summed E-state index contributed by atoms with van der Waals surface area (Å²) in [5, 5.41) is 17.7. The van der Waals surface area contributed by atoms with Crippen LogP contribution in [-0.2, 0) is 5.75 Å². The fraction of sp³-hybridized carbons (Fsp3) is 0.217. The molecule has 3 N–H and O–H groups in total. The lowest BCUT2D eigenvalue weighted by molar-refractivity contribution is 0.378. The average molecular weight is 437 g/mol. The zero-order chi connectivity index (χ0) is 21.4. The minimum Gasteiger partial charge on any atom is -0.420 e. The van der Waals surface area contributed by atoms with Crippen molar-refractivity contribution in [1.82, 2.24) is 10.2 Å². The number of ether oxygens (including phenoxy) is 1. The second kappa shape index (κ2) is 8.10. The van der Waals surface area contributed by atoms with Gasteiger partial charge >= 0.3 is 0 Å². The Labute approximate surface area is 184 Å². The van der Waals surface area contributed by atoms with Crippen molar-refractivity contribution in [2.24, 2.45) is 5.73 Å². The van der Waals surface area contributed by atoms with Gasteiger partial charge in [-0.25, -0.2) is 0 Å². The monoisotopic (exact) mass is 436 g/mol. The van der Waals surface area contributed by atoms with Gasteiger partial charge in [0.25, 0.3) is 0 Å². The van der Waals surface area contributed by atoms with E-state index in [2.05, 4.69) is 42.2 Å². The van der Waals surface area contributed by atoms with Crippen LogP contribution in [0.5, 0.6) is 5.88 Å². The van der Waals surface area contributed by atoms with Crippen LogP contribution in [0.1, 0.15) is 39.4 Å². The first-order valence-electron chi connectivity index (χ1n) is 9.50. The van der Waals surface area contributed by atoms with Crippen molar-refractivity contribution in [2.75, 3.05) is 0 Å². The number of nitrogens with zero attached hydrogens (tertiary/aromatic N) is 2. The van der Waals surface area contributed by atoms with Gasteiger partial charge in [-0.05, 0) is 67.3 Å². The molecule has 4 rings (SSSR count). The molecule has 0 aliphatic carbocycles. The molecule has 0 radical (unpaired) electrons. The van der Waals surface area contributed by atoms with Gasteiger partial charge in [0.1, 0.15) is 11.6 Å². The number of nitriles is 1. The predicted octanol–water partition coefficient (Wildman–Crippen LogP) is 5.50. The van der Waals surface area contributed by atoms with E-state index in [1.165, 1.54) is 11.1 Å². The third-order valence-corrected chi connectivity index (χ3v) is 6.69. The number of H-pyrrole nitrogens is 1. The SMILES string of the molecule is Cc1cc(C)c([C@H]2C(C#N)=C(N)Oc3n[nH]c(C)c32)cc1CSc1ccc(Cl)cc1. The second-order valence-corrected chi connectivity index (χ2v) is 8.86. The van der Waals surface area contributed by atoms with Gasteiger partial charge in [-0.3, -0.25) is 5.10 Å². The molecule has 1 aliphatic rings. The van der Waals surface area contributed by atoms with Gasteiger partial charge in [0.2, 0.25) is 11.8 Å². The Morgan fingerprint density at radius 2 is 1.93 bits per heavy atom. The van der Waals surface area contributed by atoms with E-state index in [1.54, 1.807) is 11.8 Å². The number of aromatic nitrogens is 2. The molecule has 1 aliphatic heterocycles. The van der Waals surface area contributed by atoms with Crippen molar-refractivity contribution in [2.45, 2.75) is 37.3 Å². The molecular formula is C23H21ClN4OS. The molecular weight excluding hydrogens is 416 g/mol. The third-order valence-electron chi connectivity index (χ3n) is 5.37. The Bertz CT molecular complexity index is 1190. The molecule has 0 spiro atoms. The summed E-state index contributed by atoms with van der Waals surface area (Å²) in [4.78, 5) is 1.15. The number of nitrogens with two attached hydrogens (primary N) is 1. The molecule has 152 valence electrons. The Balaban J connectivity index is 1.75. The first kappa shape index (κ1) is 20.4. The molecule has 2 aromatic carbocycles. The number of aromatic amines is 1. The van der Waals surface area contributed by atoms with Crippen molar-refractivity contribution >= 4 is 23.4 Å². The lowest BCUT2D eigenvalue weighted by atomic mass is 9.81. The van der Waals surface area contributed by atoms with E-state index < -0.39 is 0 Å². The molecule has 30 heavy (non-hydrogen) atoms. The van der Waals surface area contributed by atoms with Crippen LogP contribution in [0.15, 0.2) is 52.7 Å². The van der Waals surface area contributed by atoms with Crippen molar-refractivity contribution in [3.8, 4) is 11.9 Å². The summed E-state index contributed by atoms with van der Waals surface area (Å²) in [6.07, 6.45) is 0. The quantitative estimate of drug-likeness (QED) is 0.527. The first-order chi connectivity index (χ1) is 14.4. The Hall–Kier alpha value is -2.88.